The third-order valence-corrected chi connectivity index (χ3v) is 4.97. The van der Waals surface area contributed by atoms with E-state index in [4.69, 9.17) is 9.47 Å². The minimum atomic E-state index is -0.181. The quantitative estimate of drug-likeness (QED) is 0.227. The zero-order valence-electron chi connectivity index (χ0n) is 14.2. The van der Waals surface area contributed by atoms with Gasteiger partial charge in [-0.1, -0.05) is 53.9 Å². The lowest BCUT2D eigenvalue weighted by molar-refractivity contribution is -0.126. The molecule has 7 heteroatoms. The van der Waals surface area contributed by atoms with Crippen molar-refractivity contribution in [2.24, 2.45) is 0 Å². The molecule has 0 fully saturated rings. The lowest BCUT2D eigenvalue weighted by Gasteiger charge is -2.12. The van der Waals surface area contributed by atoms with E-state index in [1.54, 1.807) is 21.6 Å². The first kappa shape index (κ1) is 22.4. The van der Waals surface area contributed by atoms with E-state index in [0.29, 0.717) is 25.8 Å². The summed E-state index contributed by atoms with van der Waals surface area (Å²) in [6, 6.07) is 0.526. The second-order valence-corrected chi connectivity index (χ2v) is 7.60. The number of allylic oxidation sites excluding steroid dienone is 1. The first-order valence-corrected chi connectivity index (χ1v) is 10.0. The summed E-state index contributed by atoms with van der Waals surface area (Å²) in [7, 11) is 3.49. The van der Waals surface area contributed by atoms with Crippen molar-refractivity contribution in [2.45, 2.75) is 32.2 Å². The molecule has 0 radical (unpaired) electrons. The van der Waals surface area contributed by atoms with Gasteiger partial charge in [-0.25, -0.2) is 0 Å². The minimum Gasteiger partial charge on any atom is -0.369 e. The molecule has 0 heterocycles. The molecule has 0 bridgehead atoms. The van der Waals surface area contributed by atoms with Crippen LogP contribution in [-0.4, -0.2) is 56.0 Å². The van der Waals surface area contributed by atoms with Gasteiger partial charge in [0.1, 0.15) is 12.0 Å². The van der Waals surface area contributed by atoms with Crippen LogP contribution in [0.5, 0.6) is 0 Å². The van der Waals surface area contributed by atoms with Crippen LogP contribution in [0.15, 0.2) is 12.7 Å². The Hall–Kier alpha value is -0.650. The fraction of sp³-hybridized carbons (Fsp3) is 0.688. The Kier molecular flexibility index (Phi) is 15.8. The van der Waals surface area contributed by atoms with Crippen LogP contribution < -0.4 is 10.6 Å². The average molecular weight is 361 g/mol. The van der Waals surface area contributed by atoms with Crippen molar-refractivity contribution in [3.05, 3.63) is 12.7 Å². The molecule has 0 saturated heterocycles. The van der Waals surface area contributed by atoms with Crippen molar-refractivity contribution in [2.75, 3.05) is 38.7 Å². The van der Waals surface area contributed by atoms with Crippen LogP contribution in [0.4, 0.5) is 0 Å². The lowest BCUT2D eigenvalue weighted by Crippen LogP contribution is -2.28. The van der Waals surface area contributed by atoms with E-state index in [9.17, 15) is 4.79 Å². The molecule has 0 saturated carbocycles. The van der Waals surface area contributed by atoms with Gasteiger partial charge in [0, 0.05) is 18.3 Å². The fourth-order valence-corrected chi connectivity index (χ4v) is 3.24. The van der Waals surface area contributed by atoms with Crippen molar-refractivity contribution < 1.29 is 14.3 Å². The molecular weight excluding hydrogens is 332 g/mol. The number of carbonyl (C=O) groups is 1. The van der Waals surface area contributed by atoms with E-state index in [2.05, 4.69) is 42.9 Å². The standard InChI is InChI=1S/C16H28N2O3S2/c1-5-6-7-8-18-16(19)13-20-10-11-21-15(4)23-22-12-9-17-14(2)3/h5,14-15,17H,1,8-13H2,2-4H3,(H,18,19). The predicted molar refractivity (Wildman–Crippen MR) is 100 cm³/mol. The molecule has 1 amide bonds. The highest BCUT2D eigenvalue weighted by molar-refractivity contribution is 8.76. The molecule has 5 nitrogen and oxygen atoms in total. The summed E-state index contributed by atoms with van der Waals surface area (Å²) in [5, 5.41) is 5.99. The van der Waals surface area contributed by atoms with Crippen molar-refractivity contribution in [1.82, 2.24) is 10.6 Å². The maximum Gasteiger partial charge on any atom is 0.246 e. The van der Waals surface area contributed by atoms with E-state index < -0.39 is 0 Å². The van der Waals surface area contributed by atoms with Gasteiger partial charge < -0.3 is 20.1 Å². The molecule has 0 aromatic rings. The fourth-order valence-electron chi connectivity index (χ4n) is 1.32. The van der Waals surface area contributed by atoms with Crippen LogP contribution in [0.3, 0.4) is 0 Å². The minimum absolute atomic E-state index is 0.0241. The number of hydrogen-bond donors (Lipinski definition) is 2. The highest BCUT2D eigenvalue weighted by Gasteiger charge is 2.04. The predicted octanol–water partition coefficient (Wildman–Crippen LogP) is 2.05. The third kappa shape index (κ3) is 17.5. The van der Waals surface area contributed by atoms with Crippen LogP contribution >= 0.6 is 21.6 Å². The normalized spacial score (nSPS) is 11.7. The smallest absolute Gasteiger partial charge is 0.246 e. The zero-order chi connectivity index (χ0) is 17.3. The molecule has 0 rings (SSSR count). The van der Waals surface area contributed by atoms with Gasteiger partial charge in [-0.2, -0.15) is 0 Å². The molecule has 0 aliphatic heterocycles. The molecular formula is C16H28N2O3S2. The van der Waals surface area contributed by atoms with Gasteiger partial charge in [-0.15, -0.1) is 0 Å². The summed E-state index contributed by atoms with van der Waals surface area (Å²) in [6.45, 7) is 12.0. The number of amides is 1. The molecule has 1 atom stereocenters. The van der Waals surface area contributed by atoms with Gasteiger partial charge in [0.25, 0.3) is 0 Å². The van der Waals surface area contributed by atoms with Crippen LogP contribution in [0.1, 0.15) is 20.8 Å². The Morgan fingerprint density at radius 1 is 1.35 bits per heavy atom. The largest absolute Gasteiger partial charge is 0.369 e. The molecule has 1 unspecified atom stereocenters. The molecule has 0 aromatic carbocycles. The summed E-state index contributed by atoms with van der Waals surface area (Å²) in [5.41, 5.74) is 0.102. The Morgan fingerprint density at radius 3 is 2.83 bits per heavy atom. The van der Waals surface area contributed by atoms with E-state index >= 15 is 0 Å². The van der Waals surface area contributed by atoms with E-state index in [1.807, 2.05) is 6.92 Å². The zero-order valence-corrected chi connectivity index (χ0v) is 15.9. The number of hydrogen-bond acceptors (Lipinski definition) is 6. The second-order valence-electron chi connectivity index (χ2n) is 4.82. The average Bonchev–Trinajstić information content (AvgIpc) is 2.50. The number of rotatable bonds is 13. The van der Waals surface area contributed by atoms with Crippen LogP contribution in [-0.2, 0) is 14.3 Å². The Bertz CT molecular complexity index is 381. The maximum atomic E-state index is 11.4. The SMILES string of the molecule is C=CC#CCNC(=O)COCCOC(C)SSCCNC(C)C. The maximum absolute atomic E-state index is 11.4. The number of nitrogens with one attached hydrogen (secondary N) is 2. The van der Waals surface area contributed by atoms with E-state index in [0.717, 1.165) is 12.3 Å². The number of carbonyl (C=O) groups excluding carboxylic acids is 1. The summed E-state index contributed by atoms with van der Waals surface area (Å²) in [5.74, 6) is 6.24. The van der Waals surface area contributed by atoms with E-state index in [1.165, 1.54) is 6.08 Å². The van der Waals surface area contributed by atoms with Crippen molar-refractivity contribution in [3.63, 3.8) is 0 Å². The molecule has 0 spiro atoms. The van der Waals surface area contributed by atoms with E-state index in [-0.39, 0.29) is 18.0 Å². The summed E-state index contributed by atoms with van der Waals surface area (Å²) < 4.78 is 10.8. The van der Waals surface area contributed by atoms with Crippen molar-refractivity contribution in [1.29, 1.82) is 0 Å². The van der Waals surface area contributed by atoms with Gasteiger partial charge in [0.2, 0.25) is 5.91 Å². The van der Waals surface area contributed by atoms with Crippen molar-refractivity contribution in [3.8, 4) is 11.8 Å². The summed E-state index contributed by atoms with van der Waals surface area (Å²) in [4.78, 5) is 11.4. The Morgan fingerprint density at radius 2 is 2.13 bits per heavy atom. The molecule has 0 aliphatic carbocycles. The van der Waals surface area contributed by atoms with Gasteiger partial charge in [-0.05, 0) is 13.0 Å². The first-order chi connectivity index (χ1) is 11.1. The monoisotopic (exact) mass is 360 g/mol. The third-order valence-electron chi connectivity index (χ3n) is 2.33. The van der Waals surface area contributed by atoms with Crippen LogP contribution in [0, 0.1) is 11.8 Å². The van der Waals surface area contributed by atoms with Gasteiger partial charge >= 0.3 is 0 Å². The van der Waals surface area contributed by atoms with Gasteiger partial charge in [-0.3, -0.25) is 4.79 Å². The molecule has 2 N–H and O–H groups in total. The molecule has 132 valence electrons. The molecule has 23 heavy (non-hydrogen) atoms. The topological polar surface area (TPSA) is 59.6 Å². The number of ether oxygens (including phenoxy) is 2. The van der Waals surface area contributed by atoms with Crippen LogP contribution in [0.25, 0.3) is 0 Å². The van der Waals surface area contributed by atoms with Gasteiger partial charge in [0.05, 0.1) is 19.8 Å². The Balaban J connectivity index is 3.39. The first-order valence-electron chi connectivity index (χ1n) is 7.63. The Labute approximate surface area is 148 Å². The lowest BCUT2D eigenvalue weighted by atomic mass is 10.4. The highest BCUT2D eigenvalue weighted by atomic mass is 33.1. The summed E-state index contributed by atoms with van der Waals surface area (Å²) >= 11 is 0. The highest BCUT2D eigenvalue weighted by Crippen LogP contribution is 2.26. The van der Waals surface area contributed by atoms with Crippen molar-refractivity contribution >= 4 is 27.5 Å². The van der Waals surface area contributed by atoms with Crippen LogP contribution in [0.2, 0.25) is 0 Å². The second kappa shape index (κ2) is 16.2. The van der Waals surface area contributed by atoms with Gasteiger partial charge in [0.15, 0.2) is 0 Å². The molecule has 0 aromatic heterocycles. The molecule has 0 aliphatic rings. The summed E-state index contributed by atoms with van der Waals surface area (Å²) in [6.07, 6.45) is 1.48.